The summed E-state index contributed by atoms with van der Waals surface area (Å²) in [6, 6.07) is 20.8. The second-order valence-electron chi connectivity index (χ2n) is 19.8. The molecule has 2 aromatic heterocycles. The number of hydrogen-bond acceptors (Lipinski definition) is 13. The first-order valence-electron chi connectivity index (χ1n) is 24.7. The Morgan fingerprint density at radius 3 is 2.27 bits per heavy atom. The summed E-state index contributed by atoms with van der Waals surface area (Å²) in [6.45, 7) is 7.32. The number of nitrogens with one attached hydrogen (secondary N) is 4. The molecule has 5 fully saturated rings. The third-order valence-electron chi connectivity index (χ3n) is 15.3. The first-order valence-corrected chi connectivity index (χ1v) is 24.7. The standard InChI is InChI=1S/C53H57FN10O7/c1-70-46-25-40-42(55-19-13-45(40)71-39-9-7-36(8-10-39)59-52(69)53(16-17-53)51(68)58-35-5-3-34(54)4-6-35)26-44(46)61-21-14-32(15-22-61)28-63-31-37-24-38(63)30-62(37)20-2-18-56-47-23-33-29-64(50(67)41(33)27-57-47)43-11-12-48(65)60-49(43)66/h3-10,13,19,23,25-27,32,37-38,43H,2,11-12,14-18,20-22,24,28-31H2,1H3,(H,56,57)(H,58,68)(H,59,69)(H,60,65,66)/t37-,38-,43?/m0/s1. The average Bonchev–Trinajstić information content (AvgIpc) is 3.84. The van der Waals surface area contributed by atoms with E-state index in [0.29, 0.717) is 72.2 Å². The molecule has 71 heavy (non-hydrogen) atoms. The Labute approximate surface area is 410 Å². The van der Waals surface area contributed by atoms with Crippen molar-refractivity contribution in [2.24, 2.45) is 11.3 Å². The number of aromatic nitrogens is 2. The van der Waals surface area contributed by atoms with Crippen molar-refractivity contribution in [3.05, 3.63) is 102 Å². The molecular weight excluding hydrogens is 908 g/mol. The van der Waals surface area contributed by atoms with Gasteiger partial charge in [-0.05, 0) is 129 Å². The molecular formula is C53H57FN10O7. The molecule has 1 unspecified atom stereocenters. The number of hydrogen-bond donors (Lipinski definition) is 4. The highest BCUT2D eigenvalue weighted by Crippen LogP contribution is 2.48. The van der Waals surface area contributed by atoms with Crippen LogP contribution in [0.3, 0.4) is 0 Å². The molecule has 1 aliphatic carbocycles. The number of ether oxygens (including phenoxy) is 2. The SMILES string of the molecule is COc1cc2c(Oc3ccc(NC(=O)C4(C(=O)Nc5ccc(F)cc5)CC4)cc3)ccnc2cc1N1CCC(CN2C[C@@H]3C[C@H]2CN3CCCNc2cc3c(cn2)C(=O)N(C2CCC(=O)NC2=O)C3)CC1. The maximum absolute atomic E-state index is 13.3. The monoisotopic (exact) mass is 964 g/mol. The van der Waals surface area contributed by atoms with Gasteiger partial charge in [0.15, 0.2) is 0 Å². The number of likely N-dealkylation sites (tertiary alicyclic amines) is 2. The van der Waals surface area contributed by atoms with E-state index in [-0.39, 0.29) is 24.1 Å². The summed E-state index contributed by atoms with van der Waals surface area (Å²) >= 11 is 0. The van der Waals surface area contributed by atoms with Crippen LogP contribution >= 0.6 is 0 Å². The number of fused-ring (bicyclic) bond motifs is 4. The Hall–Kier alpha value is -7.18. The van der Waals surface area contributed by atoms with Crippen LogP contribution in [-0.2, 0) is 25.7 Å². The Kier molecular flexibility index (Phi) is 12.5. The summed E-state index contributed by atoms with van der Waals surface area (Å²) in [5.41, 5.74) is 2.98. The molecule has 11 rings (SSSR count). The minimum Gasteiger partial charge on any atom is -0.495 e. The number of piperazine rings is 1. The second-order valence-corrected chi connectivity index (χ2v) is 19.8. The average molecular weight is 965 g/mol. The number of rotatable bonds is 16. The van der Waals surface area contributed by atoms with E-state index < -0.39 is 29.1 Å². The fraction of sp³-hybridized carbons (Fsp3) is 0.415. The van der Waals surface area contributed by atoms with Gasteiger partial charge in [0.05, 0.1) is 23.9 Å². The van der Waals surface area contributed by atoms with Gasteiger partial charge < -0.3 is 35.2 Å². The summed E-state index contributed by atoms with van der Waals surface area (Å²) in [6.07, 6.45) is 9.16. The van der Waals surface area contributed by atoms with Crippen molar-refractivity contribution >= 4 is 63.3 Å². The Balaban J connectivity index is 0.627. The van der Waals surface area contributed by atoms with Crippen LogP contribution in [0.4, 0.5) is 27.3 Å². The van der Waals surface area contributed by atoms with Crippen LogP contribution in [0.2, 0.25) is 0 Å². The number of nitrogens with zero attached hydrogens (tertiary/aromatic N) is 6. The molecule has 1 saturated carbocycles. The lowest BCUT2D eigenvalue weighted by Crippen LogP contribution is -2.52. The molecule has 5 aromatic rings. The van der Waals surface area contributed by atoms with Crippen molar-refractivity contribution in [2.75, 3.05) is 73.8 Å². The molecule has 18 heteroatoms. The zero-order chi connectivity index (χ0) is 48.8. The number of carbonyl (C=O) groups is 5. The van der Waals surface area contributed by atoms with Crippen LogP contribution < -0.4 is 35.6 Å². The third-order valence-corrected chi connectivity index (χ3v) is 15.3. The van der Waals surface area contributed by atoms with Gasteiger partial charge in [-0.2, -0.15) is 0 Å². The molecule has 0 spiro atoms. The van der Waals surface area contributed by atoms with Crippen LogP contribution in [0.25, 0.3) is 10.9 Å². The van der Waals surface area contributed by atoms with Gasteiger partial charge in [-0.25, -0.2) is 9.37 Å². The Morgan fingerprint density at radius 1 is 0.859 bits per heavy atom. The summed E-state index contributed by atoms with van der Waals surface area (Å²) < 4.78 is 25.7. The highest BCUT2D eigenvalue weighted by Gasteiger charge is 2.56. The van der Waals surface area contributed by atoms with Gasteiger partial charge in [0, 0.05) is 100 Å². The molecule has 5 amide bonds. The van der Waals surface area contributed by atoms with Crippen LogP contribution in [-0.4, -0.2) is 125 Å². The highest BCUT2D eigenvalue weighted by atomic mass is 19.1. The van der Waals surface area contributed by atoms with Crippen molar-refractivity contribution in [1.29, 1.82) is 0 Å². The van der Waals surface area contributed by atoms with Crippen LogP contribution in [0.1, 0.15) is 67.3 Å². The topological polar surface area (TPSA) is 191 Å². The van der Waals surface area contributed by atoms with Crippen LogP contribution in [0.15, 0.2) is 85.2 Å². The molecule has 368 valence electrons. The van der Waals surface area contributed by atoms with E-state index in [4.69, 9.17) is 14.5 Å². The van der Waals surface area contributed by atoms with E-state index >= 15 is 0 Å². The van der Waals surface area contributed by atoms with E-state index in [1.807, 2.05) is 18.2 Å². The molecule has 0 radical (unpaired) electrons. The lowest BCUT2D eigenvalue weighted by atomic mass is 9.95. The quantitative estimate of drug-likeness (QED) is 0.0500. The zero-order valence-corrected chi connectivity index (χ0v) is 39.6. The van der Waals surface area contributed by atoms with Gasteiger partial charge in [-0.15, -0.1) is 0 Å². The molecule has 3 aromatic carbocycles. The van der Waals surface area contributed by atoms with Crippen molar-refractivity contribution in [2.45, 2.75) is 76.0 Å². The van der Waals surface area contributed by atoms with Crippen molar-refractivity contribution in [3.8, 4) is 17.2 Å². The largest absolute Gasteiger partial charge is 0.495 e. The maximum atomic E-state index is 13.3. The fourth-order valence-electron chi connectivity index (χ4n) is 11.2. The van der Waals surface area contributed by atoms with E-state index in [1.165, 1.54) is 30.7 Å². The minimum absolute atomic E-state index is 0.214. The Morgan fingerprint density at radius 2 is 1.58 bits per heavy atom. The van der Waals surface area contributed by atoms with E-state index in [0.717, 1.165) is 98.8 Å². The van der Waals surface area contributed by atoms with Crippen molar-refractivity contribution in [1.82, 2.24) is 30.0 Å². The first kappa shape index (κ1) is 46.2. The predicted octanol–water partition coefficient (Wildman–Crippen LogP) is 6.17. The smallest absolute Gasteiger partial charge is 0.256 e. The number of imide groups is 1. The van der Waals surface area contributed by atoms with Gasteiger partial charge >= 0.3 is 0 Å². The van der Waals surface area contributed by atoms with Gasteiger partial charge in [-0.3, -0.25) is 44.1 Å². The number of amides is 5. The summed E-state index contributed by atoms with van der Waals surface area (Å²) in [7, 11) is 1.69. The molecule has 5 aliphatic heterocycles. The highest BCUT2D eigenvalue weighted by molar-refractivity contribution is 6.17. The van der Waals surface area contributed by atoms with Gasteiger partial charge in [-0.1, -0.05) is 0 Å². The molecule has 4 N–H and O–H groups in total. The summed E-state index contributed by atoms with van der Waals surface area (Å²) in [5, 5.41) is 12.2. The minimum atomic E-state index is -1.17. The van der Waals surface area contributed by atoms with Crippen LogP contribution in [0, 0.1) is 17.2 Å². The number of benzene rings is 3. The third kappa shape index (κ3) is 9.45. The van der Waals surface area contributed by atoms with Crippen molar-refractivity contribution in [3.63, 3.8) is 0 Å². The van der Waals surface area contributed by atoms with E-state index in [2.05, 4.69) is 47.0 Å². The van der Waals surface area contributed by atoms with Gasteiger partial charge in [0.2, 0.25) is 23.6 Å². The lowest BCUT2D eigenvalue weighted by molar-refractivity contribution is -0.137. The summed E-state index contributed by atoms with van der Waals surface area (Å²) in [4.78, 5) is 81.9. The molecule has 4 saturated heterocycles. The normalized spacial score (nSPS) is 21.8. The van der Waals surface area contributed by atoms with Crippen molar-refractivity contribution < 1.29 is 37.8 Å². The second kappa shape index (κ2) is 19.2. The van der Waals surface area contributed by atoms with Crippen LogP contribution in [0.5, 0.6) is 17.2 Å². The maximum Gasteiger partial charge on any atom is 0.256 e. The number of piperidine rings is 2. The molecule has 2 bridgehead atoms. The number of methoxy groups -OCH3 is 1. The zero-order valence-electron chi connectivity index (χ0n) is 39.6. The molecule has 17 nitrogen and oxygen atoms in total. The van der Waals surface area contributed by atoms with Gasteiger partial charge in [0.25, 0.3) is 5.91 Å². The number of pyridine rings is 2. The molecule has 6 aliphatic rings. The molecule has 7 heterocycles. The van der Waals surface area contributed by atoms with Gasteiger partial charge in [0.1, 0.15) is 40.3 Å². The Bertz CT molecular complexity index is 2890. The molecule has 3 atom stereocenters. The fourth-order valence-corrected chi connectivity index (χ4v) is 11.2. The predicted molar refractivity (Wildman–Crippen MR) is 264 cm³/mol. The lowest BCUT2D eigenvalue weighted by Gasteiger charge is -2.39. The number of carbonyl (C=O) groups excluding carboxylic acids is 5. The summed E-state index contributed by atoms with van der Waals surface area (Å²) in [5.74, 6) is 1.17. The van der Waals surface area contributed by atoms with E-state index in [9.17, 15) is 28.4 Å². The van der Waals surface area contributed by atoms with E-state index in [1.54, 1.807) is 48.7 Å². The first-order chi connectivity index (χ1) is 34.5. The number of halogens is 1. The number of anilines is 4.